The van der Waals surface area contributed by atoms with Gasteiger partial charge in [0.05, 0.1) is 0 Å². The van der Waals surface area contributed by atoms with Crippen LogP contribution in [0.2, 0.25) is 0 Å². The quantitative estimate of drug-likeness (QED) is 0.681. The molecule has 0 aliphatic rings. The third kappa shape index (κ3) is 3.60. The largest absolute Gasteiger partial charge is 0.307 e. The summed E-state index contributed by atoms with van der Waals surface area (Å²) in [5, 5.41) is 0. The molecule has 0 amide bonds. The van der Waals surface area contributed by atoms with Crippen LogP contribution in [-0.4, -0.2) is 28.1 Å². The molecule has 0 saturated carbocycles. The van der Waals surface area contributed by atoms with Gasteiger partial charge in [0.15, 0.2) is 7.29 Å². The summed E-state index contributed by atoms with van der Waals surface area (Å²) in [6, 6.07) is 0. The zero-order chi connectivity index (χ0) is 12.5. The Morgan fingerprint density at radius 1 is 0.867 bits per heavy atom. The first kappa shape index (κ1) is 15.2. The minimum atomic E-state index is -2.20. The van der Waals surface area contributed by atoms with Crippen molar-refractivity contribution < 1.29 is 4.57 Å². The van der Waals surface area contributed by atoms with E-state index < -0.39 is 7.29 Å². The Hall–Kier alpha value is 0.190. The van der Waals surface area contributed by atoms with Gasteiger partial charge in [-0.2, -0.15) is 0 Å². The van der Waals surface area contributed by atoms with E-state index in [1.165, 1.54) is 0 Å². The van der Waals surface area contributed by atoms with Crippen molar-refractivity contribution in [2.24, 2.45) is 0 Å². The Morgan fingerprint density at radius 3 is 1.20 bits per heavy atom. The molecule has 0 N–H and O–H groups in total. The summed E-state index contributed by atoms with van der Waals surface area (Å²) in [5.74, 6) is 0. The van der Waals surface area contributed by atoms with Gasteiger partial charge in [0.25, 0.3) is 0 Å². The number of nitrogens with zero attached hydrogens (tertiary/aromatic N) is 1. The lowest BCUT2D eigenvalue weighted by molar-refractivity contribution is 0.136. The van der Waals surface area contributed by atoms with Gasteiger partial charge in [-0.3, -0.25) is 0 Å². The standard InChI is InChI=1S/C12H28NOP/c1-9-15(14,10-2)13(11(3,4)5)12(6,7)8/h9-10H2,1-8H3. The van der Waals surface area contributed by atoms with Gasteiger partial charge in [-0.15, -0.1) is 0 Å². The van der Waals surface area contributed by atoms with Crippen LogP contribution in [0.5, 0.6) is 0 Å². The Morgan fingerprint density at radius 2 is 1.13 bits per heavy atom. The predicted molar refractivity (Wildman–Crippen MR) is 70.0 cm³/mol. The molecule has 0 aromatic rings. The minimum Gasteiger partial charge on any atom is -0.307 e. The van der Waals surface area contributed by atoms with Crippen molar-refractivity contribution in [3.63, 3.8) is 0 Å². The molecule has 0 rings (SSSR count). The van der Waals surface area contributed by atoms with E-state index in [2.05, 4.69) is 46.2 Å². The molecule has 15 heavy (non-hydrogen) atoms. The summed E-state index contributed by atoms with van der Waals surface area (Å²) < 4.78 is 15.1. The van der Waals surface area contributed by atoms with Crippen molar-refractivity contribution in [3.8, 4) is 0 Å². The van der Waals surface area contributed by atoms with Crippen molar-refractivity contribution in [1.82, 2.24) is 4.67 Å². The highest BCUT2D eigenvalue weighted by Gasteiger charge is 2.42. The molecule has 0 atom stereocenters. The average molecular weight is 233 g/mol. The average Bonchev–Trinajstić information content (AvgIpc) is 1.98. The van der Waals surface area contributed by atoms with Crippen LogP contribution in [0, 0.1) is 0 Å². The normalized spacial score (nSPS) is 14.7. The van der Waals surface area contributed by atoms with Crippen molar-refractivity contribution in [2.45, 2.75) is 66.5 Å². The molecule has 0 unspecified atom stereocenters. The number of hydrogen-bond acceptors (Lipinski definition) is 1. The second-order valence-electron chi connectivity index (χ2n) is 6.13. The fourth-order valence-electron chi connectivity index (χ4n) is 2.61. The molecule has 0 bridgehead atoms. The van der Waals surface area contributed by atoms with Crippen molar-refractivity contribution in [3.05, 3.63) is 0 Å². The fraction of sp³-hybridized carbons (Fsp3) is 1.00. The smallest absolute Gasteiger partial charge is 0.150 e. The van der Waals surface area contributed by atoms with Crippen molar-refractivity contribution in [1.29, 1.82) is 0 Å². The lowest BCUT2D eigenvalue weighted by Gasteiger charge is -2.49. The van der Waals surface area contributed by atoms with E-state index in [9.17, 15) is 4.57 Å². The maximum Gasteiger partial charge on any atom is 0.150 e. The van der Waals surface area contributed by atoms with E-state index in [-0.39, 0.29) is 11.1 Å². The summed E-state index contributed by atoms with van der Waals surface area (Å²) in [7, 11) is -2.20. The molecule has 2 nitrogen and oxygen atoms in total. The summed E-state index contributed by atoms with van der Waals surface area (Å²) in [5.41, 5.74) is -0.0837. The number of rotatable bonds is 3. The summed E-state index contributed by atoms with van der Waals surface area (Å²) >= 11 is 0. The molecule has 0 aromatic heterocycles. The van der Waals surface area contributed by atoms with Gasteiger partial charge in [-0.05, 0) is 41.5 Å². The third-order valence-electron chi connectivity index (χ3n) is 2.62. The molecule has 0 spiro atoms. The van der Waals surface area contributed by atoms with Crippen LogP contribution in [0.4, 0.5) is 0 Å². The second kappa shape index (κ2) is 4.59. The Labute approximate surface area is 95.9 Å². The highest BCUT2D eigenvalue weighted by molar-refractivity contribution is 7.61. The van der Waals surface area contributed by atoms with Gasteiger partial charge in [0.2, 0.25) is 0 Å². The second-order valence-corrected chi connectivity index (χ2v) is 9.49. The summed E-state index contributed by atoms with van der Waals surface area (Å²) in [4.78, 5) is 0. The first-order chi connectivity index (χ1) is 6.49. The van der Waals surface area contributed by atoms with Crippen LogP contribution in [-0.2, 0) is 4.57 Å². The zero-order valence-corrected chi connectivity index (χ0v) is 12.6. The van der Waals surface area contributed by atoms with E-state index in [4.69, 9.17) is 0 Å². The molecule has 0 radical (unpaired) electrons. The lowest BCUT2D eigenvalue weighted by Crippen LogP contribution is -2.50. The Kier molecular flexibility index (Phi) is 4.65. The fourth-order valence-corrected chi connectivity index (χ4v) is 5.81. The SMILES string of the molecule is CCP(=O)(CC)N(C(C)(C)C)C(C)(C)C. The van der Waals surface area contributed by atoms with E-state index in [0.717, 1.165) is 12.3 Å². The first-order valence-electron chi connectivity index (χ1n) is 5.88. The monoisotopic (exact) mass is 233 g/mol. The maximum absolute atomic E-state index is 12.9. The van der Waals surface area contributed by atoms with Crippen LogP contribution in [0.3, 0.4) is 0 Å². The Balaban J connectivity index is 5.41. The predicted octanol–water partition coefficient (Wildman–Crippen LogP) is 4.20. The highest BCUT2D eigenvalue weighted by atomic mass is 31.2. The van der Waals surface area contributed by atoms with Gasteiger partial charge in [0.1, 0.15) is 0 Å². The molecule has 0 aliphatic heterocycles. The molecule has 0 aliphatic carbocycles. The van der Waals surface area contributed by atoms with Gasteiger partial charge >= 0.3 is 0 Å². The van der Waals surface area contributed by atoms with Crippen LogP contribution in [0.1, 0.15) is 55.4 Å². The van der Waals surface area contributed by atoms with Gasteiger partial charge < -0.3 is 4.57 Å². The molecule has 92 valence electrons. The van der Waals surface area contributed by atoms with E-state index in [1.807, 2.05) is 13.8 Å². The van der Waals surface area contributed by atoms with Crippen molar-refractivity contribution in [2.75, 3.05) is 12.3 Å². The van der Waals surface area contributed by atoms with Gasteiger partial charge in [-0.25, -0.2) is 4.67 Å². The van der Waals surface area contributed by atoms with Crippen LogP contribution in [0.25, 0.3) is 0 Å². The molecule has 0 fully saturated rings. The van der Waals surface area contributed by atoms with Gasteiger partial charge in [-0.1, -0.05) is 13.8 Å². The maximum atomic E-state index is 12.9. The van der Waals surface area contributed by atoms with Crippen LogP contribution in [0.15, 0.2) is 0 Å². The molecule has 0 heterocycles. The summed E-state index contributed by atoms with van der Waals surface area (Å²) in [6.45, 7) is 17.0. The van der Waals surface area contributed by atoms with E-state index >= 15 is 0 Å². The van der Waals surface area contributed by atoms with Gasteiger partial charge in [0, 0.05) is 23.4 Å². The lowest BCUT2D eigenvalue weighted by atomic mass is 10.0. The Bertz CT molecular complexity index is 225. The van der Waals surface area contributed by atoms with Crippen LogP contribution >= 0.6 is 7.29 Å². The van der Waals surface area contributed by atoms with E-state index in [0.29, 0.717) is 0 Å². The highest BCUT2D eigenvalue weighted by Crippen LogP contribution is 2.56. The molecule has 3 heteroatoms. The molecular weight excluding hydrogens is 205 g/mol. The van der Waals surface area contributed by atoms with Crippen molar-refractivity contribution >= 4 is 7.29 Å². The molecule has 0 saturated heterocycles. The zero-order valence-electron chi connectivity index (χ0n) is 11.7. The molecular formula is C12H28NOP. The van der Waals surface area contributed by atoms with Crippen LogP contribution < -0.4 is 0 Å². The summed E-state index contributed by atoms with van der Waals surface area (Å²) in [6.07, 6.45) is 1.52. The molecule has 0 aromatic carbocycles. The third-order valence-corrected chi connectivity index (χ3v) is 6.53. The van der Waals surface area contributed by atoms with E-state index in [1.54, 1.807) is 0 Å². The topological polar surface area (TPSA) is 20.3 Å². The minimum absolute atomic E-state index is 0.0419. The number of hydrogen-bond donors (Lipinski definition) is 0. The first-order valence-corrected chi connectivity index (χ1v) is 7.91.